The first-order valence-corrected chi connectivity index (χ1v) is 8.84. The normalized spacial score (nSPS) is 19.1. The van der Waals surface area contributed by atoms with Crippen LogP contribution in [0.4, 0.5) is 0 Å². The third-order valence-electron chi connectivity index (χ3n) is 3.29. The summed E-state index contributed by atoms with van der Waals surface area (Å²) in [5.74, 6) is 0.670. The zero-order valence-corrected chi connectivity index (χ0v) is 13.4. The van der Waals surface area contributed by atoms with Crippen LogP contribution >= 0.6 is 0 Å². The largest absolute Gasteiger partial charge is 0.491 e. The van der Waals surface area contributed by atoms with Crippen molar-refractivity contribution in [1.29, 1.82) is 0 Å². The minimum atomic E-state index is -3.46. The van der Waals surface area contributed by atoms with E-state index in [0.29, 0.717) is 18.7 Å². The van der Waals surface area contributed by atoms with E-state index in [2.05, 4.69) is 4.72 Å². The summed E-state index contributed by atoms with van der Waals surface area (Å²) in [4.78, 5) is 0.256. The van der Waals surface area contributed by atoms with E-state index in [9.17, 15) is 8.42 Å². The molecule has 0 spiro atoms. The fourth-order valence-corrected chi connectivity index (χ4v) is 3.33. The summed E-state index contributed by atoms with van der Waals surface area (Å²) in [6.45, 7) is 5.04. The van der Waals surface area contributed by atoms with Crippen molar-refractivity contribution in [1.82, 2.24) is 4.72 Å². The number of hydrogen-bond acceptors (Lipinski definition) is 4. The first-order chi connectivity index (χ1) is 9.97. The van der Waals surface area contributed by atoms with Gasteiger partial charge in [-0.15, -0.1) is 0 Å². The lowest BCUT2D eigenvalue weighted by Gasteiger charge is -2.12. The van der Waals surface area contributed by atoms with Crippen molar-refractivity contribution in [2.45, 2.75) is 50.2 Å². The molecular weight excluding hydrogens is 290 g/mol. The van der Waals surface area contributed by atoms with Crippen LogP contribution in [0.5, 0.6) is 5.75 Å². The lowest BCUT2D eigenvalue weighted by atomic mass is 10.2. The molecule has 1 aliphatic rings. The second kappa shape index (κ2) is 7.24. The number of nitrogens with one attached hydrogen (secondary N) is 1. The third kappa shape index (κ3) is 4.98. The fourth-order valence-electron chi connectivity index (χ4n) is 2.28. The number of benzene rings is 1. The molecule has 1 saturated heterocycles. The maximum Gasteiger partial charge on any atom is 0.240 e. The molecule has 1 fully saturated rings. The van der Waals surface area contributed by atoms with Crippen LogP contribution in [-0.4, -0.2) is 33.8 Å². The van der Waals surface area contributed by atoms with Crippen LogP contribution in [0.15, 0.2) is 29.2 Å². The second-order valence-electron chi connectivity index (χ2n) is 5.46. The lowest BCUT2D eigenvalue weighted by Crippen LogP contribution is -2.27. The number of ether oxygens (including phenoxy) is 2. The van der Waals surface area contributed by atoms with Gasteiger partial charge >= 0.3 is 0 Å². The Morgan fingerprint density at radius 2 is 2.05 bits per heavy atom. The summed E-state index contributed by atoms with van der Waals surface area (Å²) in [6.07, 6.45) is 3.05. The van der Waals surface area contributed by atoms with Gasteiger partial charge in [-0.3, -0.25) is 0 Å². The fraction of sp³-hybridized carbons (Fsp3) is 0.600. The standard InChI is InChI=1S/C15H23NO4S/c1-12(2)20-14-5-7-15(8-6-14)21(17,18)16-10-9-13-4-3-11-19-13/h5-8,12-13,16H,3-4,9-11H2,1-2H3. The molecule has 0 radical (unpaired) electrons. The lowest BCUT2D eigenvalue weighted by molar-refractivity contribution is 0.105. The van der Waals surface area contributed by atoms with Gasteiger partial charge < -0.3 is 9.47 Å². The molecule has 118 valence electrons. The summed E-state index contributed by atoms with van der Waals surface area (Å²) in [6, 6.07) is 6.47. The van der Waals surface area contributed by atoms with E-state index in [-0.39, 0.29) is 17.1 Å². The van der Waals surface area contributed by atoms with Gasteiger partial charge in [0.05, 0.1) is 17.1 Å². The van der Waals surface area contributed by atoms with E-state index in [1.807, 2.05) is 13.8 Å². The monoisotopic (exact) mass is 313 g/mol. The Bertz CT molecular complexity index is 533. The van der Waals surface area contributed by atoms with Crippen LogP contribution < -0.4 is 9.46 Å². The molecule has 1 aromatic rings. The molecule has 1 N–H and O–H groups in total. The van der Waals surface area contributed by atoms with Crippen LogP contribution in [0, 0.1) is 0 Å². The minimum absolute atomic E-state index is 0.0667. The van der Waals surface area contributed by atoms with Gasteiger partial charge in [-0.25, -0.2) is 13.1 Å². The van der Waals surface area contributed by atoms with Crippen molar-refractivity contribution in [2.24, 2.45) is 0 Å². The van der Waals surface area contributed by atoms with Crippen molar-refractivity contribution in [2.75, 3.05) is 13.2 Å². The van der Waals surface area contributed by atoms with E-state index < -0.39 is 10.0 Å². The molecule has 0 aliphatic carbocycles. The Labute approximate surface area is 126 Å². The van der Waals surface area contributed by atoms with Crippen molar-refractivity contribution < 1.29 is 17.9 Å². The minimum Gasteiger partial charge on any atom is -0.491 e. The number of hydrogen-bond donors (Lipinski definition) is 1. The quantitative estimate of drug-likeness (QED) is 0.839. The van der Waals surface area contributed by atoms with Crippen molar-refractivity contribution in [3.05, 3.63) is 24.3 Å². The molecule has 1 unspecified atom stereocenters. The predicted molar refractivity (Wildman–Crippen MR) is 81.0 cm³/mol. The highest BCUT2D eigenvalue weighted by molar-refractivity contribution is 7.89. The van der Waals surface area contributed by atoms with Gasteiger partial charge in [0, 0.05) is 13.2 Å². The highest BCUT2D eigenvalue weighted by Gasteiger charge is 2.18. The smallest absolute Gasteiger partial charge is 0.240 e. The predicted octanol–water partition coefficient (Wildman–Crippen LogP) is 2.32. The van der Waals surface area contributed by atoms with Crippen LogP contribution in [0.1, 0.15) is 33.1 Å². The Hall–Kier alpha value is -1.11. The Kier molecular flexibility index (Phi) is 5.61. The maximum absolute atomic E-state index is 12.1. The highest BCUT2D eigenvalue weighted by Crippen LogP contribution is 2.18. The van der Waals surface area contributed by atoms with Crippen LogP contribution in [0.3, 0.4) is 0 Å². The van der Waals surface area contributed by atoms with Gasteiger partial charge in [-0.1, -0.05) is 0 Å². The first-order valence-electron chi connectivity index (χ1n) is 7.35. The Balaban J connectivity index is 1.88. The zero-order valence-electron chi connectivity index (χ0n) is 12.5. The molecule has 6 heteroatoms. The number of sulfonamides is 1. The molecule has 5 nitrogen and oxygen atoms in total. The van der Waals surface area contributed by atoms with Gasteiger partial charge in [0.2, 0.25) is 10.0 Å². The van der Waals surface area contributed by atoms with Crippen molar-refractivity contribution in [3.8, 4) is 5.75 Å². The summed E-state index contributed by atoms with van der Waals surface area (Å²) < 4.78 is 37.9. The summed E-state index contributed by atoms with van der Waals surface area (Å²) in [5.41, 5.74) is 0. The van der Waals surface area contributed by atoms with Gasteiger partial charge in [0.15, 0.2) is 0 Å². The molecule has 0 aromatic heterocycles. The Morgan fingerprint density at radius 1 is 1.33 bits per heavy atom. The molecule has 21 heavy (non-hydrogen) atoms. The first kappa shape index (κ1) is 16.3. The summed E-state index contributed by atoms with van der Waals surface area (Å²) in [5, 5.41) is 0. The summed E-state index contributed by atoms with van der Waals surface area (Å²) in [7, 11) is -3.46. The van der Waals surface area contributed by atoms with Crippen LogP contribution in [0.25, 0.3) is 0 Å². The van der Waals surface area contributed by atoms with Gasteiger partial charge in [0.25, 0.3) is 0 Å². The van der Waals surface area contributed by atoms with Crippen molar-refractivity contribution >= 4 is 10.0 Å². The van der Waals surface area contributed by atoms with E-state index in [1.165, 1.54) is 0 Å². The third-order valence-corrected chi connectivity index (χ3v) is 4.77. The molecular formula is C15H23NO4S. The van der Waals surface area contributed by atoms with Gasteiger partial charge in [0.1, 0.15) is 5.75 Å². The maximum atomic E-state index is 12.1. The van der Waals surface area contributed by atoms with E-state index in [1.54, 1.807) is 24.3 Å². The molecule has 1 atom stereocenters. The van der Waals surface area contributed by atoms with Crippen LogP contribution in [-0.2, 0) is 14.8 Å². The highest BCUT2D eigenvalue weighted by atomic mass is 32.2. The van der Waals surface area contributed by atoms with Gasteiger partial charge in [-0.05, 0) is 57.4 Å². The molecule has 0 bridgehead atoms. The second-order valence-corrected chi connectivity index (χ2v) is 7.23. The SMILES string of the molecule is CC(C)Oc1ccc(S(=O)(=O)NCCC2CCCO2)cc1. The average Bonchev–Trinajstić information content (AvgIpc) is 2.91. The molecule has 1 aromatic carbocycles. The van der Waals surface area contributed by atoms with E-state index in [0.717, 1.165) is 19.4 Å². The van der Waals surface area contributed by atoms with Crippen molar-refractivity contribution in [3.63, 3.8) is 0 Å². The Morgan fingerprint density at radius 3 is 2.62 bits per heavy atom. The molecule has 0 saturated carbocycles. The van der Waals surface area contributed by atoms with Gasteiger partial charge in [-0.2, -0.15) is 0 Å². The summed E-state index contributed by atoms with van der Waals surface area (Å²) >= 11 is 0. The van der Waals surface area contributed by atoms with Crippen LogP contribution in [0.2, 0.25) is 0 Å². The van der Waals surface area contributed by atoms with E-state index in [4.69, 9.17) is 9.47 Å². The molecule has 1 aliphatic heterocycles. The topological polar surface area (TPSA) is 64.6 Å². The van der Waals surface area contributed by atoms with E-state index >= 15 is 0 Å². The molecule has 0 amide bonds. The molecule has 2 rings (SSSR count). The molecule has 1 heterocycles. The average molecular weight is 313 g/mol. The number of rotatable bonds is 7. The zero-order chi connectivity index (χ0) is 15.3.